The van der Waals surface area contributed by atoms with Gasteiger partial charge in [0.2, 0.25) is 5.91 Å². The lowest BCUT2D eigenvalue weighted by molar-refractivity contribution is -0.123. The van der Waals surface area contributed by atoms with Crippen LogP contribution < -0.4 is 15.4 Å². The Bertz CT molecular complexity index is 659. The van der Waals surface area contributed by atoms with Crippen molar-refractivity contribution in [3.63, 3.8) is 0 Å². The van der Waals surface area contributed by atoms with Gasteiger partial charge in [-0.15, -0.1) is 0 Å². The summed E-state index contributed by atoms with van der Waals surface area (Å²) in [5, 5.41) is 10.00. The summed E-state index contributed by atoms with van der Waals surface area (Å²) in [5.74, 6) is 0.656. The summed E-state index contributed by atoms with van der Waals surface area (Å²) < 4.78 is 8.42. The number of aromatic nitrogens is 2. The third-order valence-corrected chi connectivity index (χ3v) is 3.80. The van der Waals surface area contributed by atoms with Gasteiger partial charge in [-0.25, -0.2) is 0 Å². The van der Waals surface area contributed by atoms with Gasteiger partial charge >= 0.3 is 0 Å². The summed E-state index contributed by atoms with van der Waals surface area (Å²) in [5.41, 5.74) is 0.827. The van der Waals surface area contributed by atoms with Crippen LogP contribution in [0.1, 0.15) is 18.5 Å². The van der Waals surface area contributed by atoms with E-state index in [4.69, 9.17) is 4.74 Å². The molecular formula is C16H21BrN4O2. The largest absolute Gasteiger partial charge is 0.489 e. The van der Waals surface area contributed by atoms with Gasteiger partial charge in [-0.2, -0.15) is 5.10 Å². The van der Waals surface area contributed by atoms with Crippen LogP contribution in [0.15, 0.2) is 41.1 Å². The Morgan fingerprint density at radius 1 is 1.48 bits per heavy atom. The minimum Gasteiger partial charge on any atom is -0.489 e. The Hall–Kier alpha value is -1.86. The van der Waals surface area contributed by atoms with E-state index in [9.17, 15) is 4.79 Å². The fraction of sp³-hybridized carbons (Fsp3) is 0.375. The molecule has 2 rings (SSSR count). The summed E-state index contributed by atoms with van der Waals surface area (Å²) >= 11 is 3.40. The van der Waals surface area contributed by atoms with Crippen LogP contribution in [0, 0.1) is 0 Å². The van der Waals surface area contributed by atoms with Crippen LogP contribution >= 0.6 is 15.9 Å². The minimum atomic E-state index is -0.429. The molecule has 1 heterocycles. The molecule has 2 atom stereocenters. The van der Waals surface area contributed by atoms with Crippen molar-refractivity contribution in [3.8, 4) is 5.75 Å². The second-order valence-electron chi connectivity index (χ2n) is 5.30. The lowest BCUT2D eigenvalue weighted by atomic mass is 10.1. The van der Waals surface area contributed by atoms with Gasteiger partial charge < -0.3 is 15.4 Å². The maximum absolute atomic E-state index is 12.3. The number of halogens is 1. The number of ether oxygens (including phenoxy) is 1. The molecule has 6 nitrogen and oxygen atoms in total. The number of likely N-dealkylation sites (N-methyl/N-ethyl adjacent to an activating group) is 1. The van der Waals surface area contributed by atoms with E-state index in [2.05, 4.69) is 31.7 Å². The van der Waals surface area contributed by atoms with E-state index in [-0.39, 0.29) is 12.0 Å². The highest BCUT2D eigenvalue weighted by Gasteiger charge is 2.20. The number of carbonyl (C=O) groups excluding carboxylic acids is 1. The summed E-state index contributed by atoms with van der Waals surface area (Å²) in [6.07, 6.45) is 3.37. The SMILES string of the molecule is CNC(C(=O)NCC(C)Oc1cccc(Br)c1)c1cnn(C)c1. The number of carbonyl (C=O) groups is 1. The fourth-order valence-electron chi connectivity index (χ4n) is 2.20. The molecule has 0 spiro atoms. The molecule has 1 aromatic carbocycles. The van der Waals surface area contributed by atoms with E-state index in [1.54, 1.807) is 17.9 Å². The zero-order valence-electron chi connectivity index (χ0n) is 13.4. The Kier molecular flexibility index (Phi) is 6.18. The highest BCUT2D eigenvalue weighted by molar-refractivity contribution is 9.10. The normalized spacial score (nSPS) is 13.4. The average Bonchev–Trinajstić information content (AvgIpc) is 2.92. The maximum atomic E-state index is 12.3. The predicted octanol–water partition coefficient (Wildman–Crippen LogP) is 2.03. The van der Waals surface area contributed by atoms with E-state index >= 15 is 0 Å². The quantitative estimate of drug-likeness (QED) is 0.770. The van der Waals surface area contributed by atoms with Crippen LogP contribution in [0.5, 0.6) is 5.75 Å². The molecule has 2 unspecified atom stereocenters. The number of rotatable bonds is 7. The van der Waals surface area contributed by atoms with Gasteiger partial charge in [0.1, 0.15) is 17.9 Å². The number of hydrogen-bond donors (Lipinski definition) is 2. The van der Waals surface area contributed by atoms with Gasteiger partial charge in [-0.3, -0.25) is 9.48 Å². The number of nitrogens with zero attached hydrogens (tertiary/aromatic N) is 2. The summed E-state index contributed by atoms with van der Waals surface area (Å²) in [4.78, 5) is 12.3. The molecule has 0 saturated heterocycles. The van der Waals surface area contributed by atoms with Gasteiger partial charge in [-0.05, 0) is 32.2 Å². The van der Waals surface area contributed by atoms with Crippen LogP contribution in [0.3, 0.4) is 0 Å². The monoisotopic (exact) mass is 380 g/mol. The van der Waals surface area contributed by atoms with Gasteiger partial charge in [0.05, 0.1) is 12.7 Å². The zero-order valence-corrected chi connectivity index (χ0v) is 15.0. The van der Waals surface area contributed by atoms with Crippen LogP contribution in [-0.2, 0) is 11.8 Å². The van der Waals surface area contributed by atoms with Crippen LogP contribution in [0.4, 0.5) is 0 Å². The Balaban J connectivity index is 1.87. The minimum absolute atomic E-state index is 0.106. The summed E-state index contributed by atoms with van der Waals surface area (Å²) in [6.45, 7) is 2.34. The van der Waals surface area contributed by atoms with E-state index in [1.807, 2.05) is 44.4 Å². The number of aryl methyl sites for hydroxylation is 1. The molecule has 0 aliphatic heterocycles. The number of amides is 1. The van der Waals surface area contributed by atoms with Crippen LogP contribution in [-0.4, -0.2) is 35.4 Å². The van der Waals surface area contributed by atoms with Crippen molar-refractivity contribution >= 4 is 21.8 Å². The first-order valence-corrected chi connectivity index (χ1v) is 8.14. The van der Waals surface area contributed by atoms with E-state index in [0.717, 1.165) is 15.8 Å². The van der Waals surface area contributed by atoms with Crippen molar-refractivity contribution in [3.05, 3.63) is 46.7 Å². The topological polar surface area (TPSA) is 68.2 Å². The maximum Gasteiger partial charge on any atom is 0.241 e. The van der Waals surface area contributed by atoms with Crippen molar-refractivity contribution in [1.82, 2.24) is 20.4 Å². The third-order valence-electron chi connectivity index (χ3n) is 3.31. The van der Waals surface area contributed by atoms with Gasteiger partial charge in [0.15, 0.2) is 0 Å². The standard InChI is InChI=1S/C16H21BrN4O2/c1-11(23-14-6-4-5-13(17)7-14)8-19-16(22)15(18-2)12-9-20-21(3)10-12/h4-7,9-11,15,18H,8H2,1-3H3,(H,19,22). The second-order valence-corrected chi connectivity index (χ2v) is 6.22. The van der Waals surface area contributed by atoms with Gasteiger partial charge in [-0.1, -0.05) is 22.0 Å². The molecular weight excluding hydrogens is 360 g/mol. The smallest absolute Gasteiger partial charge is 0.241 e. The second kappa shape index (κ2) is 8.12. The number of hydrogen-bond acceptors (Lipinski definition) is 4. The predicted molar refractivity (Wildman–Crippen MR) is 92.3 cm³/mol. The van der Waals surface area contributed by atoms with Crippen molar-refractivity contribution in [2.75, 3.05) is 13.6 Å². The first-order valence-electron chi connectivity index (χ1n) is 7.35. The highest BCUT2D eigenvalue weighted by Crippen LogP contribution is 2.18. The van der Waals surface area contributed by atoms with Crippen LogP contribution in [0.25, 0.3) is 0 Å². The molecule has 124 valence electrons. The Labute approximate surface area is 144 Å². The van der Waals surface area contributed by atoms with Crippen molar-refractivity contribution in [1.29, 1.82) is 0 Å². The molecule has 0 aliphatic carbocycles. The molecule has 7 heteroatoms. The molecule has 0 saturated carbocycles. The van der Waals surface area contributed by atoms with E-state index in [1.165, 1.54) is 0 Å². The van der Waals surface area contributed by atoms with E-state index in [0.29, 0.717) is 6.54 Å². The lowest BCUT2D eigenvalue weighted by Gasteiger charge is -2.18. The Morgan fingerprint density at radius 3 is 2.87 bits per heavy atom. The van der Waals surface area contributed by atoms with Gasteiger partial charge in [0.25, 0.3) is 0 Å². The zero-order chi connectivity index (χ0) is 16.8. The van der Waals surface area contributed by atoms with Crippen LogP contribution in [0.2, 0.25) is 0 Å². The molecule has 1 amide bonds. The molecule has 0 fully saturated rings. The van der Waals surface area contributed by atoms with Gasteiger partial charge in [0, 0.05) is 23.3 Å². The molecule has 0 radical (unpaired) electrons. The molecule has 2 aromatic rings. The average molecular weight is 381 g/mol. The summed E-state index contributed by atoms with van der Waals surface area (Å²) in [6, 6.07) is 7.19. The first kappa shape index (κ1) is 17.5. The molecule has 0 aliphatic rings. The third kappa shape index (κ3) is 5.07. The first-order chi connectivity index (χ1) is 11.0. The number of benzene rings is 1. The van der Waals surface area contributed by atoms with E-state index < -0.39 is 6.04 Å². The highest BCUT2D eigenvalue weighted by atomic mass is 79.9. The fourth-order valence-corrected chi connectivity index (χ4v) is 2.58. The van der Waals surface area contributed by atoms with Crippen molar-refractivity contribution in [2.45, 2.75) is 19.1 Å². The lowest BCUT2D eigenvalue weighted by Crippen LogP contribution is -2.40. The molecule has 23 heavy (non-hydrogen) atoms. The molecule has 0 bridgehead atoms. The molecule has 1 aromatic heterocycles. The van der Waals surface area contributed by atoms with Crippen molar-refractivity contribution in [2.24, 2.45) is 7.05 Å². The van der Waals surface area contributed by atoms with Crippen molar-refractivity contribution < 1.29 is 9.53 Å². The Morgan fingerprint density at radius 2 is 2.26 bits per heavy atom. The number of nitrogens with one attached hydrogen (secondary N) is 2. The summed E-state index contributed by atoms with van der Waals surface area (Å²) in [7, 11) is 3.57. The molecule has 2 N–H and O–H groups in total.